The molecule has 0 bridgehead atoms. The molecule has 2 aromatic carbocycles. The predicted octanol–water partition coefficient (Wildman–Crippen LogP) is 4.43. The Morgan fingerprint density at radius 2 is 1.93 bits per heavy atom. The summed E-state index contributed by atoms with van der Waals surface area (Å²) in [5.74, 6) is 0.363. The molecule has 29 heavy (non-hydrogen) atoms. The second-order valence-electron chi connectivity index (χ2n) is 7.36. The third-order valence-corrected chi connectivity index (χ3v) is 7.55. The van der Waals surface area contributed by atoms with Crippen LogP contribution in [-0.2, 0) is 10.0 Å². The summed E-state index contributed by atoms with van der Waals surface area (Å²) in [7, 11) is -3.67. The molecule has 1 aliphatic carbocycles. The predicted molar refractivity (Wildman–Crippen MR) is 114 cm³/mol. The minimum Gasteiger partial charge on any atom is -0.436 e. The van der Waals surface area contributed by atoms with E-state index in [1.165, 1.54) is 0 Å². The fourth-order valence-electron chi connectivity index (χ4n) is 3.94. The largest absolute Gasteiger partial charge is 0.436 e. The van der Waals surface area contributed by atoms with Crippen LogP contribution in [0.2, 0.25) is 5.02 Å². The zero-order valence-corrected chi connectivity index (χ0v) is 17.6. The zero-order valence-electron chi connectivity index (χ0n) is 16.1. The normalized spacial score (nSPS) is 16.0. The van der Waals surface area contributed by atoms with Gasteiger partial charge in [-0.05, 0) is 49.2 Å². The van der Waals surface area contributed by atoms with Gasteiger partial charge in [-0.3, -0.25) is 0 Å². The summed E-state index contributed by atoms with van der Waals surface area (Å²) in [6.45, 7) is 0.611. The summed E-state index contributed by atoms with van der Waals surface area (Å²) >= 11 is 6.02. The number of oxazole rings is 1. The van der Waals surface area contributed by atoms with E-state index in [2.05, 4.69) is 4.98 Å². The average molecular weight is 434 g/mol. The van der Waals surface area contributed by atoms with Gasteiger partial charge in [0.2, 0.25) is 15.9 Å². The summed E-state index contributed by atoms with van der Waals surface area (Å²) in [5, 5.41) is 0.568. The van der Waals surface area contributed by atoms with Crippen LogP contribution in [0.1, 0.15) is 32.1 Å². The molecule has 1 aromatic heterocycles. The molecule has 1 saturated carbocycles. The van der Waals surface area contributed by atoms with E-state index in [-0.39, 0.29) is 10.9 Å². The van der Waals surface area contributed by atoms with Crippen molar-refractivity contribution in [3.8, 4) is 11.5 Å². The summed E-state index contributed by atoms with van der Waals surface area (Å²) < 4.78 is 34.2. The first kappa shape index (κ1) is 20.3. The van der Waals surface area contributed by atoms with Crippen molar-refractivity contribution in [2.45, 2.75) is 43.0 Å². The third kappa shape index (κ3) is 4.19. The standard InChI is InChI=1S/C21H24ClN3O3S/c22-16-9-10-20-19(14-16)24-21(28-20)15-5-4-8-18(13-15)29(26,27)25(12-11-23)17-6-2-1-3-7-17/h4-5,8-10,13-14,17H,1-3,6-7,11-12,23H2. The monoisotopic (exact) mass is 433 g/mol. The first-order valence-corrected chi connectivity index (χ1v) is 11.7. The molecule has 0 atom stereocenters. The average Bonchev–Trinajstić information content (AvgIpc) is 3.16. The number of fused-ring (bicyclic) bond motifs is 1. The van der Waals surface area contributed by atoms with Gasteiger partial charge >= 0.3 is 0 Å². The van der Waals surface area contributed by atoms with Gasteiger partial charge in [0, 0.05) is 29.7 Å². The van der Waals surface area contributed by atoms with E-state index in [9.17, 15) is 8.42 Å². The molecule has 0 unspecified atom stereocenters. The van der Waals surface area contributed by atoms with Crippen LogP contribution in [0.15, 0.2) is 51.8 Å². The van der Waals surface area contributed by atoms with E-state index >= 15 is 0 Å². The van der Waals surface area contributed by atoms with Gasteiger partial charge in [0.1, 0.15) is 5.52 Å². The summed E-state index contributed by atoms with van der Waals surface area (Å²) in [6, 6.07) is 11.9. The molecule has 8 heteroatoms. The Labute approximate surface area is 175 Å². The Bertz CT molecular complexity index is 1110. The topological polar surface area (TPSA) is 89.4 Å². The Morgan fingerprint density at radius 1 is 1.14 bits per heavy atom. The van der Waals surface area contributed by atoms with E-state index in [1.807, 2.05) is 0 Å². The number of hydrogen-bond acceptors (Lipinski definition) is 5. The molecule has 0 aliphatic heterocycles. The SMILES string of the molecule is NCCN(C1CCCCC1)S(=O)(=O)c1cccc(-c2nc3cc(Cl)ccc3o2)c1. The molecule has 6 nitrogen and oxygen atoms in total. The second kappa shape index (κ2) is 8.44. The molecule has 2 N–H and O–H groups in total. The smallest absolute Gasteiger partial charge is 0.243 e. The van der Waals surface area contributed by atoms with E-state index in [0.717, 1.165) is 32.1 Å². The van der Waals surface area contributed by atoms with Gasteiger partial charge in [-0.2, -0.15) is 4.31 Å². The highest BCUT2D eigenvalue weighted by Crippen LogP contribution is 2.31. The number of nitrogens with zero attached hydrogens (tertiary/aromatic N) is 2. The fraction of sp³-hybridized carbons (Fsp3) is 0.381. The second-order valence-corrected chi connectivity index (χ2v) is 9.68. The molecule has 0 amide bonds. The third-order valence-electron chi connectivity index (χ3n) is 5.37. The maximum Gasteiger partial charge on any atom is 0.243 e. The lowest BCUT2D eigenvalue weighted by atomic mass is 9.95. The lowest BCUT2D eigenvalue weighted by Gasteiger charge is -2.33. The molecule has 0 radical (unpaired) electrons. The van der Waals surface area contributed by atoms with Gasteiger partial charge in [0.15, 0.2) is 5.58 Å². The molecule has 1 fully saturated rings. The first-order valence-electron chi connectivity index (χ1n) is 9.87. The summed E-state index contributed by atoms with van der Waals surface area (Å²) in [4.78, 5) is 4.69. The quantitative estimate of drug-likeness (QED) is 0.621. The van der Waals surface area contributed by atoms with Gasteiger partial charge in [-0.15, -0.1) is 0 Å². The van der Waals surface area contributed by atoms with Crippen molar-refractivity contribution in [1.29, 1.82) is 0 Å². The summed E-state index contributed by atoms with van der Waals surface area (Å²) in [6.07, 6.45) is 5.01. The Morgan fingerprint density at radius 3 is 2.69 bits per heavy atom. The molecule has 1 aliphatic rings. The van der Waals surface area contributed by atoms with Crippen molar-refractivity contribution in [3.05, 3.63) is 47.5 Å². The van der Waals surface area contributed by atoms with Crippen molar-refractivity contribution in [2.24, 2.45) is 5.73 Å². The minimum absolute atomic E-state index is 0.00687. The van der Waals surface area contributed by atoms with E-state index in [4.69, 9.17) is 21.8 Å². The molecule has 3 aromatic rings. The van der Waals surface area contributed by atoms with Crippen LogP contribution in [0.5, 0.6) is 0 Å². The molecule has 4 rings (SSSR count). The molecule has 154 valence electrons. The van der Waals surface area contributed by atoms with Gasteiger partial charge in [-0.25, -0.2) is 13.4 Å². The molecule has 0 saturated heterocycles. The highest BCUT2D eigenvalue weighted by Gasteiger charge is 2.32. The van der Waals surface area contributed by atoms with Crippen LogP contribution in [-0.4, -0.2) is 36.8 Å². The Kier molecular flexibility index (Phi) is 5.92. The lowest BCUT2D eigenvalue weighted by Crippen LogP contribution is -2.44. The van der Waals surface area contributed by atoms with Crippen molar-refractivity contribution < 1.29 is 12.8 Å². The van der Waals surface area contributed by atoms with Crippen molar-refractivity contribution in [2.75, 3.05) is 13.1 Å². The van der Waals surface area contributed by atoms with Crippen LogP contribution in [0, 0.1) is 0 Å². The zero-order chi connectivity index (χ0) is 20.4. The number of aromatic nitrogens is 1. The molecule has 0 spiro atoms. The van der Waals surface area contributed by atoms with E-state index in [0.29, 0.717) is 40.7 Å². The number of rotatable bonds is 6. The Balaban J connectivity index is 1.70. The molecular formula is C21H24ClN3O3S. The van der Waals surface area contributed by atoms with Gasteiger partial charge < -0.3 is 10.2 Å². The van der Waals surface area contributed by atoms with E-state index < -0.39 is 10.0 Å². The van der Waals surface area contributed by atoms with Crippen LogP contribution in [0.25, 0.3) is 22.6 Å². The first-order chi connectivity index (χ1) is 14.0. The molecular weight excluding hydrogens is 410 g/mol. The maximum atomic E-state index is 13.4. The summed E-state index contributed by atoms with van der Waals surface area (Å²) in [5.41, 5.74) is 7.59. The fourth-order valence-corrected chi connectivity index (χ4v) is 5.86. The van der Waals surface area contributed by atoms with Gasteiger partial charge in [0.25, 0.3) is 0 Å². The number of nitrogens with two attached hydrogens (primary N) is 1. The van der Waals surface area contributed by atoms with Crippen LogP contribution in [0.4, 0.5) is 0 Å². The van der Waals surface area contributed by atoms with E-state index in [1.54, 1.807) is 46.8 Å². The van der Waals surface area contributed by atoms with Gasteiger partial charge in [-0.1, -0.05) is 36.9 Å². The molecule has 1 heterocycles. The van der Waals surface area contributed by atoms with Gasteiger partial charge in [0.05, 0.1) is 4.90 Å². The highest BCUT2D eigenvalue weighted by molar-refractivity contribution is 7.89. The maximum absolute atomic E-state index is 13.4. The number of sulfonamides is 1. The number of benzene rings is 2. The number of hydrogen-bond donors (Lipinski definition) is 1. The van der Waals surface area contributed by atoms with Crippen molar-refractivity contribution in [3.63, 3.8) is 0 Å². The lowest BCUT2D eigenvalue weighted by molar-refractivity contribution is 0.257. The minimum atomic E-state index is -3.67. The number of halogens is 1. The van der Waals surface area contributed by atoms with Crippen LogP contribution in [0.3, 0.4) is 0 Å². The van der Waals surface area contributed by atoms with Crippen LogP contribution >= 0.6 is 11.6 Å². The highest BCUT2D eigenvalue weighted by atomic mass is 35.5. The van der Waals surface area contributed by atoms with Crippen molar-refractivity contribution in [1.82, 2.24) is 9.29 Å². The Hall–Kier alpha value is -1.93. The van der Waals surface area contributed by atoms with Crippen molar-refractivity contribution >= 4 is 32.7 Å². The van der Waals surface area contributed by atoms with Crippen LogP contribution < -0.4 is 5.73 Å².